The second kappa shape index (κ2) is 7.04. The molecular formula is C25H40Si2. The van der Waals surface area contributed by atoms with E-state index < -0.39 is 15.2 Å². The molecule has 0 nitrogen and oxygen atoms in total. The van der Waals surface area contributed by atoms with Crippen molar-refractivity contribution in [2.24, 2.45) is 0 Å². The van der Waals surface area contributed by atoms with Crippen LogP contribution in [-0.2, 0) is 0 Å². The Kier molecular flexibility index (Phi) is 5.78. The minimum atomic E-state index is -2.05. The normalized spacial score (nSPS) is 14.3. The second-order valence-electron chi connectivity index (χ2n) is 11.4. The Morgan fingerprint density at radius 1 is 0.481 bits per heavy atom. The Morgan fingerprint density at radius 3 is 0.963 bits per heavy atom. The molecule has 2 heteroatoms. The van der Waals surface area contributed by atoms with Crippen molar-refractivity contribution in [3.05, 3.63) is 60.7 Å². The Balaban J connectivity index is 3.11. The summed E-state index contributed by atoms with van der Waals surface area (Å²) < 4.78 is 0. The van der Waals surface area contributed by atoms with Crippen LogP contribution >= 0.6 is 0 Å². The molecule has 0 aliphatic carbocycles. The van der Waals surface area contributed by atoms with Crippen LogP contribution in [0.15, 0.2) is 60.7 Å². The molecule has 0 aromatic heterocycles. The van der Waals surface area contributed by atoms with Crippen LogP contribution in [0.4, 0.5) is 0 Å². The molecule has 0 spiro atoms. The summed E-state index contributed by atoms with van der Waals surface area (Å²) in [4.78, 5) is 0. The summed E-state index contributed by atoms with van der Waals surface area (Å²) in [6.07, 6.45) is 0. The van der Waals surface area contributed by atoms with Crippen molar-refractivity contribution in [3.8, 4) is 0 Å². The predicted molar refractivity (Wildman–Crippen MR) is 129 cm³/mol. The van der Waals surface area contributed by atoms with Gasteiger partial charge in [-0.25, -0.2) is 0 Å². The first-order chi connectivity index (χ1) is 12.2. The van der Waals surface area contributed by atoms with Gasteiger partial charge in [0.05, 0.1) is 7.59 Å². The van der Waals surface area contributed by atoms with Crippen LogP contribution in [0.1, 0.15) is 62.3 Å². The van der Waals surface area contributed by atoms with Crippen LogP contribution in [0, 0.1) is 0 Å². The summed E-state index contributed by atoms with van der Waals surface area (Å²) in [6, 6.07) is 23.0. The summed E-state index contributed by atoms with van der Waals surface area (Å²) in [7, 11) is -4.05. The molecule has 0 aliphatic heterocycles. The Bertz CT molecular complexity index is 665. The average molecular weight is 397 g/mol. The zero-order valence-corrected chi connectivity index (χ0v) is 21.3. The number of hydrogen-bond donors (Lipinski definition) is 0. The molecule has 148 valence electrons. The van der Waals surface area contributed by atoms with Crippen molar-refractivity contribution in [2.45, 2.75) is 84.0 Å². The number of rotatable bonds is 3. The first-order valence-corrected chi connectivity index (χ1v) is 15.8. The predicted octanol–water partition coefficient (Wildman–Crippen LogP) is 6.81. The fourth-order valence-corrected chi connectivity index (χ4v) is 39.0. The third-order valence-corrected chi connectivity index (χ3v) is 31.0. The van der Waals surface area contributed by atoms with Gasteiger partial charge in [-0.3, -0.25) is 0 Å². The lowest BCUT2D eigenvalue weighted by atomic mass is 10.2. The number of hydrogen-bond acceptors (Lipinski definition) is 0. The number of benzene rings is 2. The van der Waals surface area contributed by atoms with Gasteiger partial charge in [0, 0.05) is 0 Å². The molecule has 0 radical (unpaired) electrons. The lowest BCUT2D eigenvalue weighted by Gasteiger charge is -2.67. The highest BCUT2D eigenvalue weighted by atomic mass is 29.3. The van der Waals surface area contributed by atoms with Gasteiger partial charge in [-0.1, -0.05) is 140 Å². The molecule has 2 aromatic carbocycles. The van der Waals surface area contributed by atoms with Gasteiger partial charge in [0.1, 0.15) is 7.59 Å². The van der Waals surface area contributed by atoms with Crippen LogP contribution in [0.2, 0.25) is 21.7 Å². The first-order valence-electron chi connectivity index (χ1n) is 10.3. The molecule has 0 amide bonds. The Hall–Kier alpha value is -1.13. The van der Waals surface area contributed by atoms with Crippen molar-refractivity contribution < 1.29 is 0 Å². The molecule has 0 atom stereocenters. The average Bonchev–Trinajstić information content (AvgIpc) is 2.52. The maximum absolute atomic E-state index is 2.69. The molecule has 0 heterocycles. The molecule has 0 aliphatic rings. The van der Waals surface area contributed by atoms with Gasteiger partial charge in [-0.05, 0) is 15.1 Å². The zero-order chi connectivity index (χ0) is 20.7. The van der Waals surface area contributed by atoms with E-state index in [1.165, 1.54) is 0 Å². The molecule has 2 rings (SSSR count). The van der Waals surface area contributed by atoms with Crippen LogP contribution in [-0.4, -0.2) is 15.2 Å². The van der Waals surface area contributed by atoms with Crippen molar-refractivity contribution in [3.63, 3.8) is 0 Å². The molecule has 0 saturated carbocycles. The highest BCUT2D eigenvalue weighted by Gasteiger charge is 2.69. The van der Waals surface area contributed by atoms with E-state index in [1.807, 2.05) is 0 Å². The molecule has 0 N–H and O–H groups in total. The van der Waals surface area contributed by atoms with Crippen molar-refractivity contribution in [2.75, 3.05) is 0 Å². The van der Waals surface area contributed by atoms with E-state index in [4.69, 9.17) is 0 Å². The summed E-state index contributed by atoms with van der Waals surface area (Å²) >= 11 is 0. The topological polar surface area (TPSA) is 0 Å². The van der Waals surface area contributed by atoms with Crippen LogP contribution < -0.4 is 10.4 Å². The quantitative estimate of drug-likeness (QED) is 0.500. The third kappa shape index (κ3) is 3.29. The largest absolute Gasteiger partial charge is 0.109 e. The fourth-order valence-electron chi connectivity index (χ4n) is 7.77. The van der Waals surface area contributed by atoms with Crippen molar-refractivity contribution in [1.29, 1.82) is 0 Å². The van der Waals surface area contributed by atoms with E-state index >= 15 is 0 Å². The summed E-state index contributed by atoms with van der Waals surface area (Å²) in [6.45, 7) is 25.5. The Labute approximate surface area is 170 Å². The minimum absolute atomic E-state index is 0.274. The molecule has 0 unspecified atom stereocenters. The van der Waals surface area contributed by atoms with Gasteiger partial charge in [-0.15, -0.1) is 0 Å². The summed E-state index contributed by atoms with van der Waals surface area (Å²) in [5.74, 6) is 0. The van der Waals surface area contributed by atoms with Gasteiger partial charge >= 0.3 is 0 Å². The van der Waals surface area contributed by atoms with Gasteiger partial charge < -0.3 is 0 Å². The summed E-state index contributed by atoms with van der Waals surface area (Å²) in [5.41, 5.74) is 0. The lowest BCUT2D eigenvalue weighted by molar-refractivity contribution is 0.553. The van der Waals surface area contributed by atoms with Crippen molar-refractivity contribution >= 4 is 25.6 Å². The van der Waals surface area contributed by atoms with E-state index in [0.29, 0.717) is 0 Å². The van der Waals surface area contributed by atoms with Gasteiger partial charge in [0.25, 0.3) is 0 Å². The maximum atomic E-state index is 2.69. The lowest BCUT2D eigenvalue weighted by Crippen LogP contribution is -2.83. The highest BCUT2D eigenvalue weighted by Crippen LogP contribution is 2.65. The maximum Gasteiger partial charge on any atom is 0.109 e. The Morgan fingerprint density at radius 2 is 0.741 bits per heavy atom. The second-order valence-corrected chi connectivity index (χ2v) is 26.0. The zero-order valence-electron chi connectivity index (χ0n) is 19.3. The standard InChI is InChI=1S/C25H40Si2/c1-23(2,3)27(24(4,5)6,25(7,8)9)26(10,21-17-13-11-14-18-21)22-19-15-12-16-20-22/h11-20H,1-10H3. The van der Waals surface area contributed by atoms with E-state index in [-0.39, 0.29) is 15.1 Å². The van der Waals surface area contributed by atoms with E-state index in [9.17, 15) is 0 Å². The van der Waals surface area contributed by atoms with E-state index in [2.05, 4.69) is 130 Å². The summed E-state index contributed by atoms with van der Waals surface area (Å²) in [5, 5.41) is 4.02. The molecule has 0 saturated heterocycles. The highest BCUT2D eigenvalue weighted by molar-refractivity contribution is 7.53. The van der Waals surface area contributed by atoms with Gasteiger partial charge in [-0.2, -0.15) is 0 Å². The molecule has 0 fully saturated rings. The van der Waals surface area contributed by atoms with Gasteiger partial charge in [0.15, 0.2) is 0 Å². The monoisotopic (exact) mass is 396 g/mol. The first kappa shape index (κ1) is 22.2. The van der Waals surface area contributed by atoms with Crippen LogP contribution in [0.3, 0.4) is 0 Å². The minimum Gasteiger partial charge on any atom is -0.0634 e. The van der Waals surface area contributed by atoms with Crippen LogP contribution in [0.5, 0.6) is 0 Å². The molecule has 0 bridgehead atoms. The molecule has 27 heavy (non-hydrogen) atoms. The van der Waals surface area contributed by atoms with E-state index in [1.54, 1.807) is 10.4 Å². The van der Waals surface area contributed by atoms with Crippen molar-refractivity contribution in [1.82, 2.24) is 0 Å². The molecule has 2 aromatic rings. The van der Waals surface area contributed by atoms with E-state index in [0.717, 1.165) is 0 Å². The smallest absolute Gasteiger partial charge is 0.0634 e. The fraction of sp³-hybridized carbons (Fsp3) is 0.520. The molecular weight excluding hydrogens is 356 g/mol. The van der Waals surface area contributed by atoms with Gasteiger partial charge in [0.2, 0.25) is 0 Å². The SMILES string of the molecule is CC(C)(C)[Si](C(C)(C)C)(C(C)(C)C)[Si](C)(c1ccccc1)c1ccccc1. The van der Waals surface area contributed by atoms with Crippen LogP contribution in [0.25, 0.3) is 0 Å². The third-order valence-electron chi connectivity index (χ3n) is 6.83.